The van der Waals surface area contributed by atoms with Gasteiger partial charge in [0.2, 0.25) is 5.91 Å². The van der Waals surface area contributed by atoms with Crippen molar-refractivity contribution in [2.75, 3.05) is 11.4 Å². The molecule has 3 aromatic carbocycles. The lowest BCUT2D eigenvalue weighted by atomic mass is 10.2. The zero-order chi connectivity index (χ0) is 23.4. The molecular formula is C26H25BrN4O2. The topological polar surface area (TPSA) is 67.2 Å². The Labute approximate surface area is 201 Å². The average molecular weight is 505 g/mol. The van der Waals surface area contributed by atoms with Crippen LogP contribution in [0.5, 0.6) is 0 Å². The van der Waals surface area contributed by atoms with Gasteiger partial charge in [-0.15, -0.1) is 0 Å². The molecule has 1 atom stereocenters. The summed E-state index contributed by atoms with van der Waals surface area (Å²) < 4.78 is 2.73. The van der Waals surface area contributed by atoms with Crippen molar-refractivity contribution in [3.8, 4) is 0 Å². The smallest absolute Gasteiger partial charge is 0.251 e. The number of carbonyl (C=O) groups is 2. The molecule has 0 spiro atoms. The molecule has 6 nitrogen and oxygen atoms in total. The Kier molecular flexibility index (Phi) is 6.89. The van der Waals surface area contributed by atoms with Crippen molar-refractivity contribution in [1.29, 1.82) is 0 Å². The van der Waals surface area contributed by atoms with Crippen molar-refractivity contribution in [3.63, 3.8) is 0 Å². The van der Waals surface area contributed by atoms with Crippen LogP contribution in [-0.4, -0.2) is 27.9 Å². The highest BCUT2D eigenvalue weighted by Gasteiger charge is 2.22. The first-order chi connectivity index (χ1) is 16.0. The fourth-order valence-electron chi connectivity index (χ4n) is 3.90. The van der Waals surface area contributed by atoms with E-state index in [1.165, 1.54) is 0 Å². The molecule has 0 aliphatic rings. The summed E-state index contributed by atoms with van der Waals surface area (Å²) in [5, 5.41) is 3.02. The van der Waals surface area contributed by atoms with Crippen LogP contribution in [0.25, 0.3) is 11.0 Å². The lowest BCUT2D eigenvalue weighted by Gasteiger charge is -2.23. The maximum Gasteiger partial charge on any atom is 0.251 e. The number of hydrogen-bond donors (Lipinski definition) is 1. The average Bonchev–Trinajstić information content (AvgIpc) is 3.19. The third-order valence-electron chi connectivity index (χ3n) is 5.48. The molecule has 4 rings (SSSR count). The normalized spacial score (nSPS) is 11.8. The predicted molar refractivity (Wildman–Crippen MR) is 134 cm³/mol. The molecular weight excluding hydrogens is 480 g/mol. The second-order valence-electron chi connectivity index (χ2n) is 7.72. The van der Waals surface area contributed by atoms with Crippen LogP contribution in [0, 0.1) is 0 Å². The molecule has 7 heteroatoms. The summed E-state index contributed by atoms with van der Waals surface area (Å²) in [5.41, 5.74) is 3.04. The molecule has 1 heterocycles. The van der Waals surface area contributed by atoms with Crippen LogP contribution in [0.3, 0.4) is 0 Å². The van der Waals surface area contributed by atoms with Gasteiger partial charge >= 0.3 is 0 Å². The van der Waals surface area contributed by atoms with Gasteiger partial charge in [0.25, 0.3) is 5.91 Å². The van der Waals surface area contributed by atoms with Gasteiger partial charge in [0, 0.05) is 22.3 Å². The Bertz CT molecular complexity index is 1290. The fourth-order valence-corrected chi connectivity index (χ4v) is 4.30. The number of carbonyl (C=O) groups excluding carboxylic acids is 2. The Morgan fingerprint density at radius 2 is 1.76 bits per heavy atom. The van der Waals surface area contributed by atoms with E-state index in [4.69, 9.17) is 4.98 Å². The number of nitrogens with one attached hydrogen (secondary N) is 1. The molecule has 1 aromatic heterocycles. The van der Waals surface area contributed by atoms with E-state index < -0.39 is 6.04 Å². The second kappa shape index (κ2) is 10.0. The molecule has 0 radical (unpaired) electrons. The molecule has 2 amide bonds. The highest BCUT2D eigenvalue weighted by atomic mass is 79.9. The van der Waals surface area contributed by atoms with Crippen LogP contribution in [0.2, 0.25) is 0 Å². The summed E-state index contributed by atoms with van der Waals surface area (Å²) in [6.45, 7) is 4.52. The highest BCUT2D eigenvalue weighted by Crippen LogP contribution is 2.23. The minimum Gasteiger partial charge on any atom is -0.342 e. The Hall–Kier alpha value is -3.45. The van der Waals surface area contributed by atoms with E-state index >= 15 is 0 Å². The minimum atomic E-state index is -0.400. The molecule has 0 fully saturated rings. The van der Waals surface area contributed by atoms with E-state index in [2.05, 4.69) is 21.2 Å². The lowest BCUT2D eigenvalue weighted by Crippen LogP contribution is -2.35. The van der Waals surface area contributed by atoms with E-state index in [1.807, 2.05) is 85.1 Å². The van der Waals surface area contributed by atoms with Crippen molar-refractivity contribution in [1.82, 2.24) is 14.9 Å². The molecule has 0 saturated heterocycles. The monoisotopic (exact) mass is 504 g/mol. The van der Waals surface area contributed by atoms with Gasteiger partial charge in [0.15, 0.2) is 0 Å². The summed E-state index contributed by atoms with van der Waals surface area (Å²) in [4.78, 5) is 32.7. The van der Waals surface area contributed by atoms with Gasteiger partial charge < -0.3 is 14.8 Å². The largest absolute Gasteiger partial charge is 0.342 e. The summed E-state index contributed by atoms with van der Waals surface area (Å²) >= 11 is 3.40. The van der Waals surface area contributed by atoms with Gasteiger partial charge in [-0.2, -0.15) is 0 Å². The van der Waals surface area contributed by atoms with Crippen LogP contribution < -0.4 is 10.2 Å². The Morgan fingerprint density at radius 1 is 1.03 bits per heavy atom. The number of rotatable bonds is 7. The maximum atomic E-state index is 13.3. The van der Waals surface area contributed by atoms with E-state index in [1.54, 1.807) is 17.0 Å². The van der Waals surface area contributed by atoms with Crippen LogP contribution >= 0.6 is 15.9 Å². The molecule has 1 unspecified atom stereocenters. The van der Waals surface area contributed by atoms with Crippen molar-refractivity contribution < 1.29 is 9.59 Å². The van der Waals surface area contributed by atoms with Crippen molar-refractivity contribution >= 4 is 44.5 Å². The number of amides is 2. The first kappa shape index (κ1) is 22.7. The summed E-state index contributed by atoms with van der Waals surface area (Å²) in [6, 6.07) is 24.1. The van der Waals surface area contributed by atoms with E-state index in [0.29, 0.717) is 17.9 Å². The van der Waals surface area contributed by atoms with Gasteiger partial charge in [-0.1, -0.05) is 52.3 Å². The number of hydrogen-bond acceptors (Lipinski definition) is 3. The van der Waals surface area contributed by atoms with Gasteiger partial charge in [0.05, 0.1) is 17.1 Å². The summed E-state index contributed by atoms with van der Waals surface area (Å²) in [6.07, 6.45) is 0. The zero-order valence-corrected chi connectivity index (χ0v) is 20.1. The predicted octanol–water partition coefficient (Wildman–Crippen LogP) is 5.34. The first-order valence-electron chi connectivity index (χ1n) is 10.8. The first-order valence-corrected chi connectivity index (χ1v) is 11.6. The molecule has 1 N–H and O–H groups in total. The van der Waals surface area contributed by atoms with Crippen molar-refractivity contribution in [2.24, 2.45) is 0 Å². The lowest BCUT2D eigenvalue weighted by molar-refractivity contribution is -0.119. The van der Waals surface area contributed by atoms with Crippen LogP contribution in [-0.2, 0) is 11.3 Å². The quantitative estimate of drug-likeness (QED) is 0.369. The number of fused-ring (bicyclic) bond motifs is 1. The molecule has 168 valence electrons. The number of aromatic nitrogens is 2. The molecule has 0 saturated carbocycles. The Balaban J connectivity index is 1.64. The third-order valence-corrected chi connectivity index (χ3v) is 5.98. The minimum absolute atomic E-state index is 0.0429. The SMILES string of the molecule is CCN(C(=O)Cn1c(C(C)NC(=O)c2cccc(Br)c2)nc2ccccc21)c1ccccc1. The zero-order valence-electron chi connectivity index (χ0n) is 18.5. The van der Waals surface area contributed by atoms with Crippen LogP contribution in [0.4, 0.5) is 5.69 Å². The Morgan fingerprint density at radius 3 is 2.48 bits per heavy atom. The summed E-state index contributed by atoms with van der Waals surface area (Å²) in [7, 11) is 0. The molecule has 4 aromatic rings. The van der Waals surface area contributed by atoms with Gasteiger partial charge in [-0.25, -0.2) is 4.98 Å². The van der Waals surface area contributed by atoms with Gasteiger partial charge in [-0.3, -0.25) is 9.59 Å². The fraction of sp³-hybridized carbons (Fsp3) is 0.192. The molecule has 0 bridgehead atoms. The van der Waals surface area contributed by atoms with E-state index in [-0.39, 0.29) is 18.4 Å². The van der Waals surface area contributed by atoms with Crippen LogP contribution in [0.1, 0.15) is 36.1 Å². The number of para-hydroxylation sites is 3. The summed E-state index contributed by atoms with van der Waals surface area (Å²) in [5.74, 6) is 0.392. The third kappa shape index (κ3) is 4.98. The highest BCUT2D eigenvalue weighted by molar-refractivity contribution is 9.10. The van der Waals surface area contributed by atoms with E-state index in [0.717, 1.165) is 21.2 Å². The molecule has 0 aliphatic heterocycles. The van der Waals surface area contributed by atoms with Gasteiger partial charge in [0.1, 0.15) is 12.4 Å². The second-order valence-corrected chi connectivity index (χ2v) is 8.64. The number of nitrogens with zero attached hydrogens (tertiary/aromatic N) is 3. The van der Waals surface area contributed by atoms with Crippen molar-refractivity contribution in [2.45, 2.75) is 26.4 Å². The van der Waals surface area contributed by atoms with Crippen LogP contribution in [0.15, 0.2) is 83.3 Å². The number of benzene rings is 3. The number of imidazole rings is 1. The molecule has 0 aliphatic carbocycles. The number of anilines is 1. The molecule has 33 heavy (non-hydrogen) atoms. The van der Waals surface area contributed by atoms with E-state index in [9.17, 15) is 9.59 Å². The number of halogens is 1. The maximum absolute atomic E-state index is 13.3. The number of likely N-dealkylation sites (N-methyl/N-ethyl adjacent to an activating group) is 1. The van der Waals surface area contributed by atoms with Gasteiger partial charge in [-0.05, 0) is 56.3 Å². The van der Waals surface area contributed by atoms with Crippen molar-refractivity contribution in [3.05, 3.63) is 94.7 Å². The standard InChI is InChI=1S/C26H25BrN4O2/c1-3-30(21-12-5-4-6-13-21)24(32)17-31-23-15-8-7-14-22(23)29-25(31)18(2)28-26(33)19-10-9-11-20(27)16-19/h4-16,18H,3,17H2,1-2H3,(H,28,33).